The van der Waals surface area contributed by atoms with Crippen LogP contribution in [0.2, 0.25) is 0 Å². The molecule has 2 aliphatic rings. The highest BCUT2D eigenvalue weighted by atomic mass is 16.2. The topological polar surface area (TPSA) is 47.1 Å². The van der Waals surface area contributed by atoms with Crippen LogP contribution in [0.4, 0.5) is 5.69 Å². The molecule has 0 N–H and O–H groups in total. The van der Waals surface area contributed by atoms with E-state index >= 15 is 0 Å². The van der Waals surface area contributed by atoms with E-state index in [-0.39, 0.29) is 11.8 Å². The van der Waals surface area contributed by atoms with Crippen molar-refractivity contribution in [1.29, 1.82) is 0 Å². The van der Waals surface area contributed by atoms with Crippen LogP contribution in [-0.4, -0.2) is 85.9 Å². The van der Waals surface area contributed by atoms with E-state index in [0.717, 1.165) is 43.7 Å². The predicted octanol–water partition coefficient (Wildman–Crippen LogP) is 1.91. The molecule has 2 amide bonds. The molecule has 6 heteroatoms. The molecule has 0 radical (unpaired) electrons. The second-order valence-corrected chi connectivity index (χ2v) is 7.95. The summed E-state index contributed by atoms with van der Waals surface area (Å²) in [6, 6.07) is 8.11. The number of likely N-dealkylation sites (tertiary alicyclic amines) is 1. The molecule has 1 atom stereocenters. The van der Waals surface area contributed by atoms with Gasteiger partial charge in [-0.2, -0.15) is 0 Å². The van der Waals surface area contributed by atoms with Crippen molar-refractivity contribution in [2.75, 3.05) is 58.3 Å². The molecule has 3 rings (SSSR count). The van der Waals surface area contributed by atoms with Crippen LogP contribution in [0.5, 0.6) is 0 Å². The molecular formula is C21H32N4O2. The number of hydrogen-bond donors (Lipinski definition) is 0. The number of piperazine rings is 1. The summed E-state index contributed by atoms with van der Waals surface area (Å²) in [6.45, 7) is 6.38. The molecule has 0 spiro atoms. The average molecular weight is 373 g/mol. The summed E-state index contributed by atoms with van der Waals surface area (Å²) in [5.74, 6) is 0.315. The fourth-order valence-corrected chi connectivity index (χ4v) is 3.96. The van der Waals surface area contributed by atoms with Crippen molar-refractivity contribution in [1.82, 2.24) is 14.7 Å². The summed E-state index contributed by atoms with van der Waals surface area (Å²) < 4.78 is 0. The van der Waals surface area contributed by atoms with Gasteiger partial charge in [0.05, 0.1) is 6.54 Å². The summed E-state index contributed by atoms with van der Waals surface area (Å²) in [5.41, 5.74) is 1.76. The van der Waals surface area contributed by atoms with E-state index < -0.39 is 0 Å². The molecular weight excluding hydrogens is 340 g/mol. The Hall–Kier alpha value is -2.08. The number of amides is 2. The highest BCUT2D eigenvalue weighted by molar-refractivity contribution is 5.95. The standard InChI is InChI=1S/C21H32N4O2/c1-17-7-4-5-10-25(17)20(26)16-23-11-13-24(14-12-23)21(27)18-8-6-9-19(15-18)22(2)3/h6,8-9,15,17H,4-5,7,10-14,16H2,1-3H3. The van der Waals surface area contributed by atoms with Crippen LogP contribution in [0.1, 0.15) is 36.5 Å². The van der Waals surface area contributed by atoms with Gasteiger partial charge in [-0.25, -0.2) is 0 Å². The zero-order chi connectivity index (χ0) is 19.4. The van der Waals surface area contributed by atoms with Crippen LogP contribution in [0, 0.1) is 0 Å². The van der Waals surface area contributed by atoms with Gasteiger partial charge in [-0.15, -0.1) is 0 Å². The predicted molar refractivity (Wildman–Crippen MR) is 108 cm³/mol. The van der Waals surface area contributed by atoms with Gasteiger partial charge in [-0.05, 0) is 44.4 Å². The molecule has 0 saturated carbocycles. The number of benzene rings is 1. The number of carbonyl (C=O) groups is 2. The molecule has 2 fully saturated rings. The van der Waals surface area contributed by atoms with Crippen LogP contribution in [0.3, 0.4) is 0 Å². The van der Waals surface area contributed by atoms with Gasteiger partial charge in [0.2, 0.25) is 5.91 Å². The Morgan fingerprint density at radius 2 is 1.81 bits per heavy atom. The van der Waals surface area contributed by atoms with Gasteiger partial charge in [0.15, 0.2) is 0 Å². The number of rotatable bonds is 4. The Morgan fingerprint density at radius 3 is 2.48 bits per heavy atom. The number of hydrogen-bond acceptors (Lipinski definition) is 4. The number of piperidine rings is 1. The van der Waals surface area contributed by atoms with Gasteiger partial charge < -0.3 is 14.7 Å². The van der Waals surface area contributed by atoms with Crippen molar-refractivity contribution in [3.05, 3.63) is 29.8 Å². The van der Waals surface area contributed by atoms with Gasteiger partial charge in [-0.1, -0.05) is 6.07 Å². The highest BCUT2D eigenvalue weighted by Crippen LogP contribution is 2.18. The van der Waals surface area contributed by atoms with Crippen LogP contribution in [0.15, 0.2) is 24.3 Å². The average Bonchev–Trinajstić information content (AvgIpc) is 2.68. The molecule has 27 heavy (non-hydrogen) atoms. The van der Waals surface area contributed by atoms with Crippen LogP contribution in [0.25, 0.3) is 0 Å². The third-order valence-corrected chi connectivity index (χ3v) is 5.75. The Balaban J connectivity index is 1.52. The minimum Gasteiger partial charge on any atom is -0.378 e. The lowest BCUT2D eigenvalue weighted by Gasteiger charge is -2.38. The van der Waals surface area contributed by atoms with Crippen molar-refractivity contribution in [3.8, 4) is 0 Å². The van der Waals surface area contributed by atoms with E-state index in [9.17, 15) is 9.59 Å². The van der Waals surface area contributed by atoms with Crippen LogP contribution in [-0.2, 0) is 4.79 Å². The van der Waals surface area contributed by atoms with Gasteiger partial charge in [0, 0.05) is 64.1 Å². The summed E-state index contributed by atoms with van der Waals surface area (Å²) >= 11 is 0. The highest BCUT2D eigenvalue weighted by Gasteiger charge is 2.27. The van der Waals surface area contributed by atoms with Crippen LogP contribution < -0.4 is 4.90 Å². The molecule has 6 nitrogen and oxygen atoms in total. The lowest BCUT2D eigenvalue weighted by Crippen LogP contribution is -2.53. The molecule has 1 unspecified atom stereocenters. The Bertz CT molecular complexity index is 668. The van der Waals surface area contributed by atoms with E-state index in [1.165, 1.54) is 6.42 Å². The minimum atomic E-state index is 0.0781. The first kappa shape index (κ1) is 19.7. The first-order chi connectivity index (χ1) is 13.0. The molecule has 1 aromatic carbocycles. The van der Waals surface area contributed by atoms with Crippen molar-refractivity contribution in [3.63, 3.8) is 0 Å². The van der Waals surface area contributed by atoms with Crippen LogP contribution >= 0.6 is 0 Å². The smallest absolute Gasteiger partial charge is 0.254 e. The second kappa shape index (κ2) is 8.74. The number of anilines is 1. The summed E-state index contributed by atoms with van der Waals surface area (Å²) in [5, 5.41) is 0. The Labute approximate surface area is 162 Å². The fraction of sp³-hybridized carbons (Fsp3) is 0.619. The van der Waals surface area contributed by atoms with E-state index in [1.807, 2.05) is 53.1 Å². The van der Waals surface area contributed by atoms with Gasteiger partial charge in [0.25, 0.3) is 5.91 Å². The molecule has 0 aliphatic carbocycles. The molecule has 2 saturated heterocycles. The summed E-state index contributed by atoms with van der Waals surface area (Å²) in [7, 11) is 3.95. The van der Waals surface area contributed by atoms with Gasteiger partial charge >= 0.3 is 0 Å². The largest absolute Gasteiger partial charge is 0.378 e. The first-order valence-electron chi connectivity index (χ1n) is 10.0. The maximum absolute atomic E-state index is 12.8. The lowest BCUT2D eigenvalue weighted by molar-refractivity contribution is -0.136. The second-order valence-electron chi connectivity index (χ2n) is 7.95. The summed E-state index contributed by atoms with van der Waals surface area (Å²) in [4.78, 5) is 33.5. The van der Waals surface area contributed by atoms with E-state index in [4.69, 9.17) is 0 Å². The van der Waals surface area contributed by atoms with Crippen molar-refractivity contribution in [2.45, 2.75) is 32.2 Å². The molecule has 148 valence electrons. The summed E-state index contributed by atoms with van der Waals surface area (Å²) in [6.07, 6.45) is 3.45. The number of carbonyl (C=O) groups excluding carboxylic acids is 2. The fourth-order valence-electron chi connectivity index (χ4n) is 3.96. The van der Waals surface area contributed by atoms with E-state index in [0.29, 0.717) is 25.7 Å². The SMILES string of the molecule is CC1CCCCN1C(=O)CN1CCN(C(=O)c2cccc(N(C)C)c2)CC1. The normalized spacial score (nSPS) is 21.2. The first-order valence-corrected chi connectivity index (χ1v) is 10.0. The van der Waals surface area contributed by atoms with Crippen molar-refractivity contribution >= 4 is 17.5 Å². The molecule has 0 aromatic heterocycles. The molecule has 2 aliphatic heterocycles. The Morgan fingerprint density at radius 1 is 1.07 bits per heavy atom. The maximum Gasteiger partial charge on any atom is 0.254 e. The molecule has 1 aromatic rings. The van der Waals surface area contributed by atoms with Gasteiger partial charge in [0.1, 0.15) is 0 Å². The Kier molecular flexibility index (Phi) is 6.37. The third-order valence-electron chi connectivity index (χ3n) is 5.75. The van der Waals surface area contributed by atoms with E-state index in [2.05, 4.69) is 11.8 Å². The van der Waals surface area contributed by atoms with Gasteiger partial charge in [-0.3, -0.25) is 14.5 Å². The van der Waals surface area contributed by atoms with Crippen molar-refractivity contribution < 1.29 is 9.59 Å². The monoisotopic (exact) mass is 372 g/mol. The maximum atomic E-state index is 12.8. The zero-order valence-electron chi connectivity index (χ0n) is 16.9. The molecule has 2 heterocycles. The number of nitrogens with zero attached hydrogens (tertiary/aromatic N) is 4. The van der Waals surface area contributed by atoms with Crippen molar-refractivity contribution in [2.24, 2.45) is 0 Å². The van der Waals surface area contributed by atoms with E-state index in [1.54, 1.807) is 0 Å². The lowest BCUT2D eigenvalue weighted by atomic mass is 10.0. The zero-order valence-corrected chi connectivity index (χ0v) is 16.9. The molecule has 0 bridgehead atoms. The quantitative estimate of drug-likeness (QED) is 0.810. The third kappa shape index (κ3) is 4.80. The minimum absolute atomic E-state index is 0.0781.